The molecule has 2 rings (SSSR count). The monoisotopic (exact) mass is 907 g/mol. The molecule has 10 heteroatoms. The summed E-state index contributed by atoms with van der Waals surface area (Å²) < 4.78 is 5.63. The summed E-state index contributed by atoms with van der Waals surface area (Å²) in [6.07, 6.45) is 35.7. The van der Waals surface area contributed by atoms with Crippen LogP contribution in [0.4, 0.5) is 0 Å². The van der Waals surface area contributed by atoms with Crippen LogP contribution >= 0.6 is 0 Å². The largest absolute Gasteiger partial charge is 0.481 e. The van der Waals surface area contributed by atoms with Gasteiger partial charge in [0.15, 0.2) is 0 Å². The van der Waals surface area contributed by atoms with Crippen molar-refractivity contribution in [2.75, 3.05) is 0 Å². The Morgan fingerprint density at radius 2 is 0.953 bits per heavy atom. The average Bonchev–Trinajstić information content (AvgIpc) is 3.26. The summed E-state index contributed by atoms with van der Waals surface area (Å²) in [6.45, 7) is 16.9. The standard InChI is InChI=1S/C25H46O4.C21H40O2.C8H12O4/c1-4-5-6-7-9-12-17-24(22(26)27)19-14-15-20-25(24,23(28)29)18-13-10-8-11-16-21(2)3;1-5-9-11-12-14-17-20(23-21(22)8-4)18-19(15-7-3)16-13-10-6-2;9-7(10)5-3-1-2-4-6(5)8(11)12/h21H,4-20H2,1-3H3,(H,26,27)(H,28,29);8,19-20H,4-7,9-18H2,1-3H3;5-6H,1-4H2,(H,9,10)(H,11,12). The molecular weight excluding hydrogens is 809 g/mol. The Balaban J connectivity index is 0.00000101. The fraction of sp³-hybridized carbons (Fsp3) is 0.870. The summed E-state index contributed by atoms with van der Waals surface area (Å²) >= 11 is 0. The third-order valence-electron chi connectivity index (χ3n) is 14.3. The van der Waals surface area contributed by atoms with E-state index in [4.69, 9.17) is 14.9 Å². The van der Waals surface area contributed by atoms with Crippen LogP contribution in [0.3, 0.4) is 0 Å². The molecule has 0 radical (unpaired) electrons. The van der Waals surface area contributed by atoms with Crippen molar-refractivity contribution in [3.05, 3.63) is 12.7 Å². The lowest BCUT2D eigenvalue weighted by molar-refractivity contribution is -0.182. The average molecular weight is 907 g/mol. The van der Waals surface area contributed by atoms with Crippen LogP contribution in [-0.4, -0.2) is 56.4 Å². The maximum atomic E-state index is 12.5. The Labute approximate surface area is 390 Å². The van der Waals surface area contributed by atoms with Crippen molar-refractivity contribution in [1.82, 2.24) is 0 Å². The number of esters is 1. The van der Waals surface area contributed by atoms with Gasteiger partial charge in [-0.1, -0.05) is 209 Å². The molecular formula is C54H98O10. The smallest absolute Gasteiger partial charge is 0.330 e. The van der Waals surface area contributed by atoms with Gasteiger partial charge in [-0.15, -0.1) is 0 Å². The zero-order chi connectivity index (χ0) is 48.2. The Morgan fingerprint density at radius 1 is 0.547 bits per heavy atom. The molecule has 0 aromatic rings. The number of carbonyl (C=O) groups is 5. The molecule has 64 heavy (non-hydrogen) atoms. The predicted octanol–water partition coefficient (Wildman–Crippen LogP) is 15.2. The molecule has 374 valence electrons. The van der Waals surface area contributed by atoms with E-state index in [-0.39, 0.29) is 12.1 Å². The van der Waals surface area contributed by atoms with E-state index in [1.54, 1.807) is 0 Å². The molecule has 0 spiro atoms. The fourth-order valence-electron chi connectivity index (χ4n) is 10.4. The van der Waals surface area contributed by atoms with Crippen LogP contribution in [0, 0.1) is 34.5 Å². The molecule has 0 heterocycles. The first-order valence-corrected chi connectivity index (χ1v) is 26.4. The molecule has 0 aromatic carbocycles. The quantitative estimate of drug-likeness (QED) is 0.0276. The van der Waals surface area contributed by atoms with E-state index in [1.165, 1.54) is 109 Å². The van der Waals surface area contributed by atoms with Gasteiger partial charge in [0.05, 0.1) is 22.7 Å². The molecule has 0 aromatic heterocycles. The lowest BCUT2D eigenvalue weighted by Crippen LogP contribution is -2.54. The Morgan fingerprint density at radius 3 is 1.36 bits per heavy atom. The van der Waals surface area contributed by atoms with Crippen molar-refractivity contribution in [1.29, 1.82) is 0 Å². The number of hydrogen-bond acceptors (Lipinski definition) is 6. The molecule has 0 amide bonds. The highest BCUT2D eigenvalue weighted by Crippen LogP contribution is 2.57. The third-order valence-corrected chi connectivity index (χ3v) is 14.3. The van der Waals surface area contributed by atoms with Gasteiger partial charge in [0, 0.05) is 6.08 Å². The predicted molar refractivity (Wildman–Crippen MR) is 260 cm³/mol. The summed E-state index contributed by atoms with van der Waals surface area (Å²) in [6, 6.07) is 0. The second-order valence-corrected chi connectivity index (χ2v) is 19.9. The van der Waals surface area contributed by atoms with Gasteiger partial charge in [-0.25, -0.2) is 4.79 Å². The van der Waals surface area contributed by atoms with Gasteiger partial charge in [-0.05, 0) is 69.6 Å². The highest BCUT2D eigenvalue weighted by molar-refractivity contribution is 5.87. The molecule has 0 saturated heterocycles. The van der Waals surface area contributed by atoms with Gasteiger partial charge in [0.25, 0.3) is 0 Å². The van der Waals surface area contributed by atoms with E-state index < -0.39 is 46.5 Å². The summed E-state index contributed by atoms with van der Waals surface area (Å²) in [5.74, 6) is -3.87. The maximum absolute atomic E-state index is 12.5. The molecule has 6 atom stereocenters. The molecule has 2 aliphatic rings. The van der Waals surface area contributed by atoms with E-state index in [0.29, 0.717) is 50.4 Å². The van der Waals surface area contributed by atoms with Gasteiger partial charge in [0.2, 0.25) is 0 Å². The molecule has 2 saturated carbocycles. The SMILES string of the molecule is C=CC(=O)OC(CCCCCCC)CC(CCC)CCCCC.CCCCCCCCC1(C(=O)O)CCCCC1(CCCCCCC(C)C)C(=O)O.O=C(O)C1CCCCC1C(=O)O. The number of hydrogen-bond donors (Lipinski definition) is 4. The number of aliphatic carboxylic acids is 4. The van der Waals surface area contributed by atoms with Crippen molar-refractivity contribution in [2.45, 2.75) is 266 Å². The van der Waals surface area contributed by atoms with Crippen LogP contribution < -0.4 is 0 Å². The van der Waals surface area contributed by atoms with Gasteiger partial charge in [0.1, 0.15) is 6.10 Å². The van der Waals surface area contributed by atoms with Gasteiger partial charge in [-0.3, -0.25) is 19.2 Å². The van der Waals surface area contributed by atoms with Crippen LogP contribution in [0.5, 0.6) is 0 Å². The number of unbranched alkanes of at least 4 members (excludes halogenated alkanes) is 14. The lowest BCUT2D eigenvalue weighted by Gasteiger charge is -2.49. The van der Waals surface area contributed by atoms with Crippen LogP contribution in [-0.2, 0) is 28.7 Å². The van der Waals surface area contributed by atoms with E-state index in [9.17, 15) is 34.2 Å². The number of rotatable bonds is 34. The number of carboxylic acid groups (broad SMARTS) is 4. The van der Waals surface area contributed by atoms with Crippen LogP contribution in [0.1, 0.15) is 260 Å². The summed E-state index contributed by atoms with van der Waals surface area (Å²) in [5, 5.41) is 37.9. The molecule has 10 nitrogen and oxygen atoms in total. The van der Waals surface area contributed by atoms with Crippen molar-refractivity contribution in [3.8, 4) is 0 Å². The van der Waals surface area contributed by atoms with E-state index in [0.717, 1.165) is 77.0 Å². The van der Waals surface area contributed by atoms with Crippen molar-refractivity contribution in [3.63, 3.8) is 0 Å². The van der Waals surface area contributed by atoms with Crippen molar-refractivity contribution < 1.29 is 49.1 Å². The second kappa shape index (κ2) is 37.2. The molecule has 2 aliphatic carbocycles. The molecule has 0 aliphatic heterocycles. The van der Waals surface area contributed by atoms with E-state index >= 15 is 0 Å². The molecule has 4 N–H and O–H groups in total. The Hall–Kier alpha value is -2.91. The third kappa shape index (κ3) is 24.6. The fourth-order valence-corrected chi connectivity index (χ4v) is 10.4. The summed E-state index contributed by atoms with van der Waals surface area (Å²) in [7, 11) is 0. The highest BCUT2D eigenvalue weighted by Gasteiger charge is 2.61. The maximum Gasteiger partial charge on any atom is 0.330 e. The summed E-state index contributed by atoms with van der Waals surface area (Å²) in [5.41, 5.74) is -2.17. The first kappa shape index (κ1) is 61.1. The van der Waals surface area contributed by atoms with E-state index in [1.807, 2.05) is 0 Å². The minimum absolute atomic E-state index is 0.0836. The molecule has 0 bridgehead atoms. The molecule has 2 fully saturated rings. The van der Waals surface area contributed by atoms with E-state index in [2.05, 4.69) is 48.1 Å². The first-order valence-electron chi connectivity index (χ1n) is 26.4. The topological polar surface area (TPSA) is 176 Å². The number of carboxylic acids is 4. The second-order valence-electron chi connectivity index (χ2n) is 19.9. The lowest BCUT2D eigenvalue weighted by atomic mass is 9.52. The molecule has 6 unspecified atom stereocenters. The van der Waals surface area contributed by atoms with Crippen molar-refractivity contribution in [2.24, 2.45) is 34.5 Å². The first-order chi connectivity index (χ1) is 30.6. The van der Waals surface area contributed by atoms with Crippen LogP contribution in [0.25, 0.3) is 0 Å². The van der Waals surface area contributed by atoms with Crippen molar-refractivity contribution >= 4 is 29.8 Å². The normalized spacial score (nSPS) is 21.6. The Kier molecular flexibility index (Phi) is 35.5. The Bertz CT molecular complexity index is 1240. The number of carbonyl (C=O) groups excluding carboxylic acids is 1. The highest BCUT2D eigenvalue weighted by atomic mass is 16.5. The minimum Gasteiger partial charge on any atom is -0.481 e. The zero-order valence-corrected chi connectivity index (χ0v) is 42.0. The number of ether oxygens (including phenoxy) is 1. The van der Waals surface area contributed by atoms with Gasteiger partial charge in [-0.2, -0.15) is 0 Å². The van der Waals surface area contributed by atoms with Crippen LogP contribution in [0.15, 0.2) is 12.7 Å². The van der Waals surface area contributed by atoms with Gasteiger partial charge >= 0.3 is 29.8 Å². The zero-order valence-electron chi connectivity index (χ0n) is 42.0. The minimum atomic E-state index is -1.08. The van der Waals surface area contributed by atoms with Crippen LogP contribution in [0.2, 0.25) is 0 Å². The summed E-state index contributed by atoms with van der Waals surface area (Å²) in [4.78, 5) is 57.9. The van der Waals surface area contributed by atoms with Gasteiger partial charge < -0.3 is 25.2 Å².